The molecule has 0 saturated heterocycles. The average molecular weight is 304 g/mol. The van der Waals surface area contributed by atoms with E-state index in [1.54, 1.807) is 0 Å². The van der Waals surface area contributed by atoms with Gasteiger partial charge in [-0.05, 0) is 67.0 Å². The van der Waals surface area contributed by atoms with Gasteiger partial charge in [-0.1, -0.05) is 31.4 Å². The Kier molecular flexibility index (Phi) is 3.90. The van der Waals surface area contributed by atoms with E-state index in [-0.39, 0.29) is 0 Å². The summed E-state index contributed by atoms with van der Waals surface area (Å²) in [5.74, 6) is 0.744. The summed E-state index contributed by atoms with van der Waals surface area (Å²) in [6, 6.07) is 11.1. The van der Waals surface area contributed by atoms with Crippen molar-refractivity contribution in [2.24, 2.45) is 0 Å². The highest BCUT2D eigenvalue weighted by Crippen LogP contribution is 2.36. The van der Waals surface area contributed by atoms with Crippen LogP contribution in [0.4, 0.5) is 0 Å². The molecule has 3 aromatic rings. The van der Waals surface area contributed by atoms with Crippen molar-refractivity contribution in [1.29, 1.82) is 0 Å². The van der Waals surface area contributed by atoms with Crippen LogP contribution in [0.5, 0.6) is 0 Å². The van der Waals surface area contributed by atoms with E-state index in [1.165, 1.54) is 59.7 Å². The van der Waals surface area contributed by atoms with Crippen LogP contribution in [0.3, 0.4) is 0 Å². The quantitative estimate of drug-likeness (QED) is 0.679. The number of hydrogen-bond donors (Lipinski definition) is 1. The number of rotatable bonds is 3. The van der Waals surface area contributed by atoms with Crippen molar-refractivity contribution in [3.63, 3.8) is 0 Å². The third-order valence-corrected chi connectivity index (χ3v) is 5.20. The zero-order valence-corrected chi connectivity index (χ0v) is 13.8. The molecule has 0 amide bonds. The lowest BCUT2D eigenvalue weighted by molar-refractivity contribution is 0.445. The average Bonchev–Trinajstić information content (AvgIpc) is 3.01. The standard InChI is InChI=1S/C21H24N2/c1-15-7-8-17(13-22-15)11-16-9-10-21-19(12-16)20(14-23-21)18-5-3-2-4-6-18/h7-10,12-14,18,23H,2-6,11H2,1H3. The van der Waals surface area contributed by atoms with Crippen molar-refractivity contribution in [2.75, 3.05) is 0 Å². The number of fused-ring (bicyclic) bond motifs is 1. The van der Waals surface area contributed by atoms with Gasteiger partial charge in [-0.3, -0.25) is 4.98 Å². The molecule has 2 heterocycles. The lowest BCUT2D eigenvalue weighted by Crippen LogP contribution is -2.03. The molecule has 2 nitrogen and oxygen atoms in total. The van der Waals surface area contributed by atoms with Gasteiger partial charge in [0.2, 0.25) is 0 Å². The molecule has 1 aromatic carbocycles. The van der Waals surface area contributed by atoms with Crippen molar-refractivity contribution < 1.29 is 0 Å². The Bertz CT molecular complexity index is 792. The summed E-state index contributed by atoms with van der Waals surface area (Å²) in [6.07, 6.45) is 12.1. The number of aromatic nitrogens is 2. The van der Waals surface area contributed by atoms with E-state index in [2.05, 4.69) is 46.5 Å². The molecule has 4 rings (SSSR count). The normalized spacial score (nSPS) is 16.0. The summed E-state index contributed by atoms with van der Waals surface area (Å²) in [5, 5.41) is 1.43. The van der Waals surface area contributed by atoms with E-state index in [0.717, 1.165) is 18.0 Å². The van der Waals surface area contributed by atoms with Gasteiger partial charge < -0.3 is 4.98 Å². The monoisotopic (exact) mass is 304 g/mol. The summed E-state index contributed by atoms with van der Waals surface area (Å²) in [6.45, 7) is 2.03. The van der Waals surface area contributed by atoms with Crippen LogP contribution >= 0.6 is 0 Å². The number of aryl methyl sites for hydroxylation is 1. The smallest absolute Gasteiger partial charge is 0.0457 e. The van der Waals surface area contributed by atoms with Gasteiger partial charge in [0.05, 0.1) is 0 Å². The van der Waals surface area contributed by atoms with Crippen LogP contribution in [0, 0.1) is 6.92 Å². The van der Waals surface area contributed by atoms with Gasteiger partial charge in [0.1, 0.15) is 0 Å². The molecule has 1 aliphatic rings. The van der Waals surface area contributed by atoms with Gasteiger partial charge in [-0.2, -0.15) is 0 Å². The Morgan fingerprint density at radius 3 is 2.65 bits per heavy atom. The fraction of sp³-hybridized carbons (Fsp3) is 0.381. The Morgan fingerprint density at radius 1 is 1.04 bits per heavy atom. The SMILES string of the molecule is Cc1ccc(Cc2ccc3[nH]cc(C4CCCCC4)c3c2)cn1. The highest BCUT2D eigenvalue weighted by atomic mass is 14.7. The minimum Gasteiger partial charge on any atom is -0.361 e. The second-order valence-electron chi connectivity index (χ2n) is 6.94. The Labute approximate surface area is 138 Å². The zero-order chi connectivity index (χ0) is 15.6. The summed E-state index contributed by atoms with van der Waals surface area (Å²) in [7, 11) is 0. The van der Waals surface area contributed by atoms with Crippen molar-refractivity contribution in [3.8, 4) is 0 Å². The molecule has 1 fully saturated rings. The molecule has 0 unspecified atom stereocenters. The molecule has 23 heavy (non-hydrogen) atoms. The van der Waals surface area contributed by atoms with Gasteiger partial charge in [-0.25, -0.2) is 0 Å². The largest absolute Gasteiger partial charge is 0.361 e. The molecule has 2 heteroatoms. The maximum atomic E-state index is 4.41. The van der Waals surface area contributed by atoms with Gasteiger partial charge in [-0.15, -0.1) is 0 Å². The molecule has 118 valence electrons. The van der Waals surface area contributed by atoms with E-state index in [0.29, 0.717) is 0 Å². The van der Waals surface area contributed by atoms with Crippen LogP contribution in [0.1, 0.15) is 60.4 Å². The van der Waals surface area contributed by atoms with Crippen molar-refractivity contribution >= 4 is 10.9 Å². The fourth-order valence-corrected chi connectivity index (χ4v) is 3.89. The summed E-state index contributed by atoms with van der Waals surface area (Å²) >= 11 is 0. The maximum Gasteiger partial charge on any atom is 0.0457 e. The third kappa shape index (κ3) is 3.03. The highest BCUT2D eigenvalue weighted by molar-refractivity contribution is 5.84. The molecule has 0 radical (unpaired) electrons. The van der Waals surface area contributed by atoms with Crippen LogP contribution in [0.15, 0.2) is 42.7 Å². The number of pyridine rings is 1. The van der Waals surface area contributed by atoms with E-state index in [1.807, 2.05) is 13.1 Å². The number of aromatic amines is 1. The predicted molar refractivity (Wildman–Crippen MR) is 95.9 cm³/mol. The zero-order valence-electron chi connectivity index (χ0n) is 13.8. The molecular weight excluding hydrogens is 280 g/mol. The molecular formula is C21H24N2. The molecule has 0 spiro atoms. The molecule has 1 aliphatic carbocycles. The Balaban J connectivity index is 1.64. The first-order valence-corrected chi connectivity index (χ1v) is 8.81. The second kappa shape index (κ2) is 6.19. The summed E-state index contributed by atoms with van der Waals surface area (Å²) in [4.78, 5) is 7.88. The second-order valence-corrected chi connectivity index (χ2v) is 6.94. The number of hydrogen-bond acceptors (Lipinski definition) is 1. The molecule has 2 aromatic heterocycles. The van der Waals surface area contributed by atoms with Gasteiger partial charge in [0.15, 0.2) is 0 Å². The number of nitrogens with one attached hydrogen (secondary N) is 1. The molecule has 0 bridgehead atoms. The summed E-state index contributed by atoms with van der Waals surface area (Å²) < 4.78 is 0. The first-order valence-electron chi connectivity index (χ1n) is 8.81. The van der Waals surface area contributed by atoms with E-state index in [9.17, 15) is 0 Å². The minimum atomic E-state index is 0.744. The molecule has 0 aliphatic heterocycles. The first-order chi connectivity index (χ1) is 11.3. The van der Waals surface area contributed by atoms with Crippen LogP contribution in [0.2, 0.25) is 0 Å². The Hall–Kier alpha value is -2.09. The highest BCUT2D eigenvalue weighted by Gasteiger charge is 2.18. The van der Waals surface area contributed by atoms with Gasteiger partial charge in [0, 0.05) is 29.0 Å². The Morgan fingerprint density at radius 2 is 1.87 bits per heavy atom. The predicted octanol–water partition coefficient (Wildman–Crippen LogP) is 5.51. The lowest BCUT2D eigenvalue weighted by atomic mass is 9.84. The van der Waals surface area contributed by atoms with Crippen molar-refractivity contribution in [3.05, 3.63) is 65.1 Å². The van der Waals surface area contributed by atoms with Crippen molar-refractivity contribution in [2.45, 2.75) is 51.4 Å². The lowest BCUT2D eigenvalue weighted by Gasteiger charge is -2.21. The first kappa shape index (κ1) is 14.5. The van der Waals surface area contributed by atoms with Crippen LogP contribution in [0.25, 0.3) is 10.9 Å². The number of H-pyrrole nitrogens is 1. The third-order valence-electron chi connectivity index (χ3n) is 5.20. The molecule has 1 saturated carbocycles. The van der Waals surface area contributed by atoms with Crippen LogP contribution in [-0.4, -0.2) is 9.97 Å². The van der Waals surface area contributed by atoms with E-state index in [4.69, 9.17) is 0 Å². The minimum absolute atomic E-state index is 0.744. The van der Waals surface area contributed by atoms with Crippen LogP contribution < -0.4 is 0 Å². The van der Waals surface area contributed by atoms with E-state index < -0.39 is 0 Å². The van der Waals surface area contributed by atoms with Crippen LogP contribution in [-0.2, 0) is 6.42 Å². The van der Waals surface area contributed by atoms with E-state index >= 15 is 0 Å². The topological polar surface area (TPSA) is 28.7 Å². The maximum absolute atomic E-state index is 4.41. The van der Waals surface area contributed by atoms with Gasteiger partial charge in [0.25, 0.3) is 0 Å². The fourth-order valence-electron chi connectivity index (χ4n) is 3.89. The molecule has 1 N–H and O–H groups in total. The van der Waals surface area contributed by atoms with Gasteiger partial charge >= 0.3 is 0 Å². The summed E-state index contributed by atoms with van der Waals surface area (Å²) in [5.41, 5.74) is 6.54. The number of nitrogens with zero attached hydrogens (tertiary/aromatic N) is 1. The molecule has 0 atom stereocenters. The van der Waals surface area contributed by atoms with Crippen molar-refractivity contribution in [1.82, 2.24) is 9.97 Å². The number of benzene rings is 1.